The number of carboxylic acid groups (broad SMARTS) is 1. The van der Waals surface area contributed by atoms with Crippen LogP contribution in [0.2, 0.25) is 0 Å². The summed E-state index contributed by atoms with van der Waals surface area (Å²) in [4.78, 5) is 73.2. The number of nitrogens with two attached hydrogens (primary N) is 1. The fourth-order valence-electron chi connectivity index (χ4n) is 4.38. The highest BCUT2D eigenvalue weighted by atomic mass is 35.6. The Kier molecular flexibility index (Phi) is 27.9. The average Bonchev–Trinajstić information content (AvgIpc) is 3.06. The van der Waals surface area contributed by atoms with Gasteiger partial charge in [0.1, 0.15) is 30.8 Å². The standard InChI is InChI=1S/C31H54Cl3N5O11S/c1-2-3-4-5-6-7-8-9-10-11-13-49-14-12-15-51-19-24(39-30(48)50-20-31(32,33)34)28(45)38-23(18-41)27(44)37-22(17-40)26(43)36-21(29(46)47)16-25(35)42/h21-24,40-41H,2-20H2,1H3,(H2,35,42)(H,36,43)(H,37,44)(H,38,45)(H,39,48)(H,46,47)/t21-,22-,23-,24-/m0/s1. The van der Waals surface area contributed by atoms with E-state index >= 15 is 0 Å². The number of carbonyl (C=O) groups is 6. The quantitative estimate of drug-likeness (QED) is 0.0383. The van der Waals surface area contributed by atoms with Gasteiger partial charge < -0.3 is 51.8 Å². The number of amides is 5. The second-order valence-electron chi connectivity index (χ2n) is 11.7. The number of carbonyl (C=O) groups excluding carboxylic acids is 5. The maximum atomic E-state index is 13.1. The van der Waals surface area contributed by atoms with E-state index in [-0.39, 0.29) is 5.75 Å². The lowest BCUT2D eigenvalue weighted by atomic mass is 10.1. The number of aliphatic hydroxyl groups excluding tert-OH is 2. The van der Waals surface area contributed by atoms with Crippen LogP contribution in [-0.2, 0) is 33.4 Å². The van der Waals surface area contributed by atoms with Crippen molar-refractivity contribution < 1.29 is 53.6 Å². The van der Waals surface area contributed by atoms with Gasteiger partial charge in [0.2, 0.25) is 27.4 Å². The summed E-state index contributed by atoms with van der Waals surface area (Å²) >= 11 is 18.1. The monoisotopic (exact) mass is 809 g/mol. The van der Waals surface area contributed by atoms with Crippen LogP contribution < -0.4 is 27.0 Å². The predicted molar refractivity (Wildman–Crippen MR) is 195 cm³/mol. The highest BCUT2D eigenvalue weighted by molar-refractivity contribution is 7.99. The Bertz CT molecular complexity index is 1060. The summed E-state index contributed by atoms with van der Waals surface area (Å²) in [5, 5.41) is 37.2. The molecule has 0 aromatic rings. The molecule has 0 aliphatic carbocycles. The minimum absolute atomic E-state index is 0.00498. The molecule has 0 saturated heterocycles. The summed E-state index contributed by atoms with van der Waals surface area (Å²) in [6.45, 7) is 0.761. The molecule has 0 fully saturated rings. The Labute approximate surface area is 318 Å². The maximum Gasteiger partial charge on any atom is 0.407 e. The number of ether oxygens (including phenoxy) is 2. The Morgan fingerprint density at radius 3 is 1.65 bits per heavy atom. The molecule has 0 rings (SSSR count). The number of rotatable bonds is 30. The SMILES string of the molecule is CCCCCCCCCCCCOCCCSC[C@H](NC(=O)OCC(Cl)(Cl)Cl)C(=O)N[C@@H](CO)C(=O)N[C@@H](CO)C(=O)N[C@@H](CC(N)=O)C(=O)O. The van der Waals surface area contributed by atoms with Crippen LogP contribution in [0.25, 0.3) is 0 Å². The highest BCUT2D eigenvalue weighted by Gasteiger charge is 2.32. The van der Waals surface area contributed by atoms with Gasteiger partial charge in [0.15, 0.2) is 0 Å². The summed E-state index contributed by atoms with van der Waals surface area (Å²) in [6, 6.07) is -6.44. The van der Waals surface area contributed by atoms with Gasteiger partial charge in [-0.25, -0.2) is 9.59 Å². The van der Waals surface area contributed by atoms with Crippen molar-refractivity contribution in [2.24, 2.45) is 5.73 Å². The number of nitrogens with one attached hydrogen (secondary N) is 4. The van der Waals surface area contributed by atoms with Crippen LogP contribution in [0.1, 0.15) is 84.0 Å². The largest absolute Gasteiger partial charge is 0.480 e. The molecule has 4 atom stereocenters. The van der Waals surface area contributed by atoms with E-state index in [4.69, 9.17) is 50.0 Å². The molecule has 0 aromatic heterocycles. The Hall–Kier alpha value is -2.28. The van der Waals surface area contributed by atoms with Crippen molar-refractivity contribution >= 4 is 82.3 Å². The number of aliphatic carboxylic acids is 1. The van der Waals surface area contributed by atoms with Crippen LogP contribution in [0, 0.1) is 0 Å². The second-order valence-corrected chi connectivity index (χ2v) is 15.3. The van der Waals surface area contributed by atoms with Gasteiger partial charge in [-0.2, -0.15) is 11.8 Å². The van der Waals surface area contributed by atoms with Crippen molar-refractivity contribution in [1.29, 1.82) is 0 Å². The van der Waals surface area contributed by atoms with Crippen LogP contribution in [0.3, 0.4) is 0 Å². The zero-order chi connectivity index (χ0) is 38.7. The molecule has 0 bridgehead atoms. The van der Waals surface area contributed by atoms with Crippen molar-refractivity contribution in [3.63, 3.8) is 0 Å². The third-order valence-corrected chi connectivity index (χ3v) is 8.60. The first-order valence-corrected chi connectivity index (χ1v) is 19.2. The van der Waals surface area contributed by atoms with Crippen molar-refractivity contribution in [2.45, 2.75) is 112 Å². The number of alkyl halides is 3. The molecule has 20 heteroatoms. The van der Waals surface area contributed by atoms with E-state index in [0.717, 1.165) is 12.8 Å². The van der Waals surface area contributed by atoms with Gasteiger partial charge in [-0.1, -0.05) is 99.5 Å². The van der Waals surface area contributed by atoms with Gasteiger partial charge in [0.05, 0.1) is 19.6 Å². The van der Waals surface area contributed by atoms with Gasteiger partial charge in [-0.05, 0) is 18.6 Å². The number of alkyl carbamates (subject to hydrolysis) is 1. The highest BCUT2D eigenvalue weighted by Crippen LogP contribution is 2.25. The van der Waals surface area contributed by atoms with Crippen molar-refractivity contribution in [3.8, 4) is 0 Å². The zero-order valence-electron chi connectivity index (χ0n) is 29.0. The number of hydrogen-bond donors (Lipinski definition) is 8. The van der Waals surface area contributed by atoms with Gasteiger partial charge in [0.25, 0.3) is 0 Å². The lowest BCUT2D eigenvalue weighted by molar-refractivity contribution is -0.144. The molecule has 5 amide bonds. The summed E-state index contributed by atoms with van der Waals surface area (Å²) in [5.41, 5.74) is 4.99. The summed E-state index contributed by atoms with van der Waals surface area (Å²) in [6.07, 6.45) is 11.1. The number of thioether (sulfide) groups is 1. The maximum absolute atomic E-state index is 13.1. The molecule has 51 heavy (non-hydrogen) atoms. The molecule has 0 aromatic carbocycles. The molecule has 0 aliphatic heterocycles. The number of unbranched alkanes of at least 4 members (excludes halogenated alkanes) is 9. The smallest absolute Gasteiger partial charge is 0.407 e. The Balaban J connectivity index is 4.97. The van der Waals surface area contributed by atoms with Gasteiger partial charge in [-0.3, -0.25) is 19.2 Å². The van der Waals surface area contributed by atoms with E-state index in [2.05, 4.69) is 22.9 Å². The Morgan fingerprint density at radius 1 is 0.706 bits per heavy atom. The van der Waals surface area contributed by atoms with E-state index in [1.54, 1.807) is 0 Å². The summed E-state index contributed by atoms with van der Waals surface area (Å²) < 4.78 is 8.62. The number of hydrogen-bond acceptors (Lipinski definition) is 11. The molecular formula is C31H54Cl3N5O11S. The van der Waals surface area contributed by atoms with Crippen molar-refractivity contribution in [1.82, 2.24) is 21.3 Å². The minimum atomic E-state index is -1.92. The van der Waals surface area contributed by atoms with Crippen LogP contribution >= 0.6 is 46.6 Å². The molecule has 16 nitrogen and oxygen atoms in total. The molecule has 0 heterocycles. The number of aliphatic hydroxyl groups is 2. The fourth-order valence-corrected chi connectivity index (χ4v) is 5.50. The molecule has 9 N–H and O–H groups in total. The first kappa shape index (κ1) is 48.7. The van der Waals surface area contributed by atoms with Crippen LogP contribution in [0.5, 0.6) is 0 Å². The first-order chi connectivity index (χ1) is 24.1. The molecule has 0 aliphatic rings. The number of halogens is 3. The number of carboxylic acids is 1. The predicted octanol–water partition coefficient (Wildman–Crippen LogP) is 1.91. The van der Waals surface area contributed by atoms with Crippen LogP contribution in [0.4, 0.5) is 4.79 Å². The third-order valence-electron chi connectivity index (χ3n) is 7.13. The zero-order valence-corrected chi connectivity index (χ0v) is 32.1. The van der Waals surface area contributed by atoms with E-state index in [0.29, 0.717) is 25.4 Å². The van der Waals surface area contributed by atoms with E-state index in [1.807, 2.05) is 5.32 Å². The second kappa shape index (κ2) is 29.2. The normalized spacial score (nSPS) is 13.7. The Morgan fingerprint density at radius 2 is 1.18 bits per heavy atom. The van der Waals surface area contributed by atoms with Crippen LogP contribution in [0.15, 0.2) is 0 Å². The minimum Gasteiger partial charge on any atom is -0.480 e. The van der Waals surface area contributed by atoms with Gasteiger partial charge >= 0.3 is 12.1 Å². The lowest BCUT2D eigenvalue weighted by Crippen LogP contribution is -2.60. The van der Waals surface area contributed by atoms with Gasteiger partial charge in [-0.15, -0.1) is 0 Å². The fraction of sp³-hybridized carbons (Fsp3) is 0.806. The van der Waals surface area contributed by atoms with E-state index in [1.165, 1.54) is 63.1 Å². The van der Waals surface area contributed by atoms with Gasteiger partial charge in [0, 0.05) is 19.0 Å². The molecule has 0 radical (unpaired) electrons. The van der Waals surface area contributed by atoms with E-state index in [9.17, 15) is 44.1 Å². The van der Waals surface area contributed by atoms with Crippen molar-refractivity contribution in [3.05, 3.63) is 0 Å². The van der Waals surface area contributed by atoms with Crippen LogP contribution in [-0.4, -0.2) is 124 Å². The molecule has 296 valence electrons. The first-order valence-electron chi connectivity index (χ1n) is 16.9. The molecule has 0 unspecified atom stereocenters. The molecular weight excluding hydrogens is 757 g/mol. The topological polar surface area (TPSA) is 256 Å². The number of primary amides is 1. The summed E-state index contributed by atoms with van der Waals surface area (Å²) in [5.74, 6) is -5.29. The van der Waals surface area contributed by atoms with E-state index < -0.39 is 89.9 Å². The average molecular weight is 811 g/mol. The van der Waals surface area contributed by atoms with Crippen molar-refractivity contribution in [2.75, 3.05) is 44.5 Å². The molecule has 0 saturated carbocycles. The summed E-state index contributed by atoms with van der Waals surface area (Å²) in [7, 11) is 0. The third kappa shape index (κ3) is 26.2. The molecule has 0 spiro atoms. The lowest BCUT2D eigenvalue weighted by Gasteiger charge is -2.24.